The lowest BCUT2D eigenvalue weighted by Gasteiger charge is -2.17. The van der Waals surface area contributed by atoms with E-state index in [1.807, 2.05) is 0 Å². The molecule has 21 heavy (non-hydrogen) atoms. The Morgan fingerprint density at radius 2 is 1.86 bits per heavy atom. The van der Waals surface area contributed by atoms with Gasteiger partial charge in [-0.15, -0.1) is 0 Å². The summed E-state index contributed by atoms with van der Waals surface area (Å²) < 4.78 is 29.6. The molecule has 2 rings (SSSR count). The molecular weight excluding hydrogens is 370 g/mol. The quantitative estimate of drug-likeness (QED) is 0.480. The van der Waals surface area contributed by atoms with Crippen LogP contribution in [0.5, 0.6) is 5.75 Å². The highest BCUT2D eigenvalue weighted by molar-refractivity contribution is 9.10. The molecule has 110 valence electrons. The molecule has 1 aliphatic rings. The summed E-state index contributed by atoms with van der Waals surface area (Å²) in [6, 6.07) is 4.24. The van der Waals surface area contributed by atoms with Crippen LogP contribution in [0.15, 0.2) is 28.2 Å². The van der Waals surface area contributed by atoms with E-state index in [2.05, 4.69) is 43.5 Å². The van der Waals surface area contributed by atoms with Crippen LogP contribution in [-0.4, -0.2) is 23.5 Å². The number of halogens is 3. The third-order valence-corrected chi connectivity index (χ3v) is 3.13. The molecule has 1 heterocycles. The maximum absolute atomic E-state index is 12.4. The number of amides is 2. The SMILES string of the molecule is O=C1NC(=S)NC(=O)C1=Cc1cc(Br)ccc1OC(F)F. The summed E-state index contributed by atoms with van der Waals surface area (Å²) >= 11 is 7.83. The Bertz CT molecular complexity index is 642. The monoisotopic (exact) mass is 376 g/mol. The molecule has 0 aliphatic carbocycles. The molecule has 1 saturated heterocycles. The Morgan fingerprint density at radius 3 is 2.43 bits per heavy atom. The molecule has 0 saturated carbocycles. The summed E-state index contributed by atoms with van der Waals surface area (Å²) in [4.78, 5) is 23.4. The fourth-order valence-electron chi connectivity index (χ4n) is 1.60. The van der Waals surface area contributed by atoms with Crippen LogP contribution in [0.4, 0.5) is 8.78 Å². The lowest BCUT2D eigenvalue weighted by atomic mass is 10.1. The minimum absolute atomic E-state index is 0.111. The van der Waals surface area contributed by atoms with Gasteiger partial charge in [0.2, 0.25) is 0 Å². The van der Waals surface area contributed by atoms with E-state index < -0.39 is 18.4 Å². The number of hydrogen-bond acceptors (Lipinski definition) is 4. The van der Waals surface area contributed by atoms with Gasteiger partial charge in [0.25, 0.3) is 11.8 Å². The van der Waals surface area contributed by atoms with Crippen LogP contribution in [0.3, 0.4) is 0 Å². The van der Waals surface area contributed by atoms with E-state index in [0.717, 1.165) is 6.08 Å². The summed E-state index contributed by atoms with van der Waals surface area (Å²) in [5.41, 5.74) is -0.112. The highest BCUT2D eigenvalue weighted by atomic mass is 79.9. The number of thiocarbonyl (C=S) groups is 1. The van der Waals surface area contributed by atoms with Gasteiger partial charge in [-0.05, 0) is 36.5 Å². The zero-order valence-electron chi connectivity index (χ0n) is 10.2. The fourth-order valence-corrected chi connectivity index (χ4v) is 2.16. The number of hydrogen-bond donors (Lipinski definition) is 2. The predicted molar refractivity (Wildman–Crippen MR) is 77.6 cm³/mol. The second-order valence-corrected chi connectivity index (χ2v) is 5.18. The van der Waals surface area contributed by atoms with E-state index in [1.165, 1.54) is 18.2 Å². The highest BCUT2D eigenvalue weighted by Gasteiger charge is 2.26. The van der Waals surface area contributed by atoms with Crippen LogP contribution in [0.1, 0.15) is 5.56 Å². The lowest BCUT2D eigenvalue weighted by Crippen LogP contribution is -2.51. The Hall–Kier alpha value is -1.87. The van der Waals surface area contributed by atoms with Gasteiger partial charge < -0.3 is 4.74 Å². The first-order chi connectivity index (χ1) is 9.86. The van der Waals surface area contributed by atoms with Gasteiger partial charge in [0.15, 0.2) is 5.11 Å². The number of ether oxygens (including phenoxy) is 1. The number of alkyl halides is 2. The van der Waals surface area contributed by atoms with E-state index in [4.69, 9.17) is 0 Å². The van der Waals surface area contributed by atoms with Crippen molar-refractivity contribution in [1.82, 2.24) is 10.6 Å². The molecule has 0 aromatic heterocycles. The number of rotatable bonds is 3. The molecule has 0 bridgehead atoms. The minimum Gasteiger partial charge on any atom is -0.434 e. The first kappa shape index (κ1) is 15.5. The molecule has 2 amide bonds. The van der Waals surface area contributed by atoms with Gasteiger partial charge in [-0.1, -0.05) is 15.9 Å². The van der Waals surface area contributed by atoms with Crippen LogP contribution in [0.2, 0.25) is 0 Å². The average Bonchev–Trinajstić information content (AvgIpc) is 2.36. The van der Waals surface area contributed by atoms with E-state index in [-0.39, 0.29) is 22.0 Å². The van der Waals surface area contributed by atoms with Crippen LogP contribution in [-0.2, 0) is 9.59 Å². The molecular formula is C12H7BrF2N2O3S. The van der Waals surface area contributed by atoms with Gasteiger partial charge in [-0.3, -0.25) is 20.2 Å². The van der Waals surface area contributed by atoms with Crippen LogP contribution >= 0.6 is 28.1 Å². The average molecular weight is 377 g/mol. The van der Waals surface area contributed by atoms with Gasteiger partial charge in [-0.25, -0.2) is 0 Å². The second-order valence-electron chi connectivity index (χ2n) is 3.86. The topological polar surface area (TPSA) is 67.4 Å². The molecule has 1 aliphatic heterocycles. The van der Waals surface area contributed by atoms with Gasteiger partial charge in [-0.2, -0.15) is 8.78 Å². The van der Waals surface area contributed by atoms with Crippen molar-refractivity contribution in [2.75, 3.05) is 0 Å². The van der Waals surface area contributed by atoms with Crippen LogP contribution in [0, 0.1) is 0 Å². The maximum atomic E-state index is 12.4. The largest absolute Gasteiger partial charge is 0.434 e. The van der Waals surface area contributed by atoms with Crippen LogP contribution in [0.25, 0.3) is 6.08 Å². The number of carbonyl (C=O) groups excluding carboxylic acids is 2. The normalized spacial score (nSPS) is 14.9. The molecule has 5 nitrogen and oxygen atoms in total. The number of benzene rings is 1. The lowest BCUT2D eigenvalue weighted by molar-refractivity contribution is -0.123. The van der Waals surface area contributed by atoms with Crippen molar-refractivity contribution in [3.8, 4) is 5.75 Å². The molecule has 0 radical (unpaired) electrons. The van der Waals surface area contributed by atoms with Crippen molar-refractivity contribution in [3.05, 3.63) is 33.8 Å². The Labute approximate surface area is 131 Å². The number of carbonyl (C=O) groups is 2. The van der Waals surface area contributed by atoms with Crippen molar-refractivity contribution in [3.63, 3.8) is 0 Å². The van der Waals surface area contributed by atoms with E-state index >= 15 is 0 Å². The molecule has 0 spiro atoms. The molecule has 1 fully saturated rings. The second kappa shape index (κ2) is 6.27. The highest BCUT2D eigenvalue weighted by Crippen LogP contribution is 2.27. The van der Waals surface area contributed by atoms with Crippen molar-refractivity contribution in [2.45, 2.75) is 6.61 Å². The smallest absolute Gasteiger partial charge is 0.387 e. The molecule has 1 aromatic carbocycles. The Balaban J connectivity index is 2.43. The zero-order valence-corrected chi connectivity index (χ0v) is 12.6. The van der Waals surface area contributed by atoms with Gasteiger partial charge in [0.1, 0.15) is 11.3 Å². The molecule has 1 aromatic rings. The summed E-state index contributed by atoms with van der Waals surface area (Å²) in [6.07, 6.45) is 1.15. The van der Waals surface area contributed by atoms with Gasteiger partial charge >= 0.3 is 6.61 Å². The zero-order chi connectivity index (χ0) is 15.6. The van der Waals surface area contributed by atoms with Crippen LogP contribution < -0.4 is 15.4 Å². The van der Waals surface area contributed by atoms with E-state index in [0.29, 0.717) is 4.47 Å². The third-order valence-electron chi connectivity index (χ3n) is 2.43. The van der Waals surface area contributed by atoms with Gasteiger partial charge in [0, 0.05) is 10.0 Å². The molecule has 0 atom stereocenters. The van der Waals surface area contributed by atoms with Gasteiger partial charge in [0.05, 0.1) is 0 Å². The maximum Gasteiger partial charge on any atom is 0.387 e. The molecule has 0 unspecified atom stereocenters. The summed E-state index contributed by atoms with van der Waals surface area (Å²) in [6.45, 7) is -3.02. The van der Waals surface area contributed by atoms with Crippen molar-refractivity contribution < 1.29 is 23.1 Å². The summed E-state index contributed by atoms with van der Waals surface area (Å²) in [5, 5.41) is 4.38. The minimum atomic E-state index is -3.02. The van der Waals surface area contributed by atoms with Crippen molar-refractivity contribution >= 4 is 51.2 Å². The number of nitrogens with one attached hydrogen (secondary N) is 2. The predicted octanol–water partition coefficient (Wildman–Crippen LogP) is 1.96. The van der Waals surface area contributed by atoms with Crippen molar-refractivity contribution in [1.29, 1.82) is 0 Å². The van der Waals surface area contributed by atoms with Crippen molar-refractivity contribution in [2.24, 2.45) is 0 Å². The Morgan fingerprint density at radius 1 is 1.24 bits per heavy atom. The summed E-state index contributed by atoms with van der Waals surface area (Å²) in [7, 11) is 0. The Kier molecular flexibility index (Phi) is 4.63. The molecule has 9 heteroatoms. The van der Waals surface area contributed by atoms with E-state index in [1.54, 1.807) is 0 Å². The van der Waals surface area contributed by atoms with E-state index in [9.17, 15) is 18.4 Å². The standard InChI is InChI=1S/C12H7BrF2N2O3S/c13-6-1-2-8(20-11(14)15)5(3-6)4-7-9(18)16-12(21)17-10(7)19/h1-4,11H,(H2,16,17,18,19,21). The third kappa shape index (κ3) is 3.82. The molecule has 2 N–H and O–H groups in total. The summed E-state index contributed by atoms with van der Waals surface area (Å²) in [5.74, 6) is -1.59. The first-order valence-corrected chi connectivity index (χ1v) is 6.69. The first-order valence-electron chi connectivity index (χ1n) is 5.49. The fraction of sp³-hybridized carbons (Fsp3) is 0.0833.